The van der Waals surface area contributed by atoms with E-state index in [1.165, 1.54) is 0 Å². The Morgan fingerprint density at radius 1 is 1.75 bits per heavy atom. The monoisotopic (exact) mass is 276 g/mol. The van der Waals surface area contributed by atoms with Gasteiger partial charge in [-0.25, -0.2) is 0 Å². The van der Waals surface area contributed by atoms with Gasteiger partial charge in [0.2, 0.25) is 0 Å². The van der Waals surface area contributed by atoms with Crippen LogP contribution >= 0.6 is 22.6 Å². The molecule has 0 atom stereocenters. The summed E-state index contributed by atoms with van der Waals surface area (Å²) in [5.41, 5.74) is 0. The van der Waals surface area contributed by atoms with Crippen LogP contribution in [0.15, 0.2) is 12.4 Å². The van der Waals surface area contributed by atoms with Crippen LogP contribution in [0.4, 0.5) is 0 Å². The predicted molar refractivity (Wildman–Crippen MR) is 52.7 cm³/mol. The van der Waals surface area contributed by atoms with E-state index in [9.17, 15) is 4.79 Å². The van der Waals surface area contributed by atoms with Crippen LogP contribution in [-0.4, -0.2) is 15.6 Å². The molecule has 0 N–H and O–H groups in total. The van der Waals surface area contributed by atoms with Gasteiger partial charge in [0.25, 0.3) is 0 Å². The van der Waals surface area contributed by atoms with E-state index in [0.717, 1.165) is 16.4 Å². The molecule has 0 aliphatic heterocycles. The average molecular weight is 276 g/mol. The molecule has 0 saturated heterocycles. The van der Waals surface area contributed by atoms with E-state index in [0.29, 0.717) is 18.2 Å². The highest BCUT2D eigenvalue weighted by Crippen LogP contribution is 2.30. The normalized spacial score (nSPS) is 16.4. The molecule has 1 aromatic heterocycles. The van der Waals surface area contributed by atoms with Crippen LogP contribution in [0.2, 0.25) is 0 Å². The van der Waals surface area contributed by atoms with Crippen molar-refractivity contribution in [1.29, 1.82) is 0 Å². The molecule has 12 heavy (non-hydrogen) atoms. The lowest BCUT2D eigenvalue weighted by Crippen LogP contribution is -2.11. The number of ketones is 1. The fourth-order valence-corrected chi connectivity index (χ4v) is 1.56. The van der Waals surface area contributed by atoms with Crippen molar-refractivity contribution in [3.63, 3.8) is 0 Å². The molecule has 64 valence electrons. The minimum Gasteiger partial charge on any atom is -0.297 e. The lowest BCUT2D eigenvalue weighted by Gasteiger charge is -1.97. The summed E-state index contributed by atoms with van der Waals surface area (Å²) in [7, 11) is 0. The Labute approximate surface area is 84.3 Å². The summed E-state index contributed by atoms with van der Waals surface area (Å²) in [6.45, 7) is 0.452. The predicted octanol–water partition coefficient (Wildman–Crippen LogP) is 1.47. The van der Waals surface area contributed by atoms with Crippen LogP contribution in [0.5, 0.6) is 0 Å². The van der Waals surface area contributed by atoms with E-state index < -0.39 is 0 Å². The Bertz CT molecular complexity index is 304. The van der Waals surface area contributed by atoms with Crippen LogP contribution in [0.3, 0.4) is 0 Å². The second-order valence-electron chi connectivity index (χ2n) is 3.10. The van der Waals surface area contributed by atoms with E-state index in [1.54, 1.807) is 10.9 Å². The molecule has 1 saturated carbocycles. The first-order valence-electron chi connectivity index (χ1n) is 3.96. The highest BCUT2D eigenvalue weighted by molar-refractivity contribution is 14.1. The van der Waals surface area contributed by atoms with Crippen molar-refractivity contribution in [2.75, 3.05) is 0 Å². The maximum absolute atomic E-state index is 11.3. The molecule has 1 aromatic rings. The van der Waals surface area contributed by atoms with Crippen molar-refractivity contribution in [3.8, 4) is 0 Å². The lowest BCUT2D eigenvalue weighted by atomic mass is 10.3. The zero-order chi connectivity index (χ0) is 8.55. The quantitative estimate of drug-likeness (QED) is 0.783. The molecular weight excluding hydrogens is 267 g/mol. The minimum atomic E-state index is 0.328. The number of carbonyl (C=O) groups excluding carboxylic acids is 1. The van der Waals surface area contributed by atoms with Crippen molar-refractivity contribution < 1.29 is 4.79 Å². The number of rotatable bonds is 3. The van der Waals surface area contributed by atoms with Crippen LogP contribution in [0.25, 0.3) is 0 Å². The molecule has 3 nitrogen and oxygen atoms in total. The molecule has 1 fully saturated rings. The van der Waals surface area contributed by atoms with Crippen LogP contribution in [-0.2, 0) is 11.3 Å². The Kier molecular flexibility index (Phi) is 2.16. The molecule has 2 rings (SSSR count). The summed E-state index contributed by atoms with van der Waals surface area (Å²) in [6, 6.07) is 0. The van der Waals surface area contributed by atoms with E-state index >= 15 is 0 Å². The van der Waals surface area contributed by atoms with Gasteiger partial charge in [-0.15, -0.1) is 0 Å². The largest absolute Gasteiger partial charge is 0.297 e. The first-order chi connectivity index (χ1) is 5.75. The molecule has 4 heteroatoms. The number of aromatic nitrogens is 2. The van der Waals surface area contributed by atoms with Gasteiger partial charge in [0.1, 0.15) is 0 Å². The van der Waals surface area contributed by atoms with Gasteiger partial charge in [-0.1, -0.05) is 0 Å². The van der Waals surface area contributed by atoms with Crippen LogP contribution in [0.1, 0.15) is 12.8 Å². The van der Waals surface area contributed by atoms with Crippen molar-refractivity contribution >= 4 is 28.4 Å². The third-order valence-electron chi connectivity index (χ3n) is 1.95. The Morgan fingerprint density at radius 3 is 3.00 bits per heavy atom. The van der Waals surface area contributed by atoms with Gasteiger partial charge in [0.15, 0.2) is 5.78 Å². The van der Waals surface area contributed by atoms with Gasteiger partial charge in [-0.2, -0.15) is 5.10 Å². The Hall–Kier alpha value is -0.390. The van der Waals surface area contributed by atoms with E-state index in [2.05, 4.69) is 27.7 Å². The third-order valence-corrected chi connectivity index (χ3v) is 2.51. The topological polar surface area (TPSA) is 34.9 Å². The summed E-state index contributed by atoms with van der Waals surface area (Å²) in [5.74, 6) is 0.668. The highest BCUT2D eigenvalue weighted by Gasteiger charge is 2.29. The summed E-state index contributed by atoms with van der Waals surface area (Å²) >= 11 is 2.19. The third kappa shape index (κ3) is 1.85. The van der Waals surface area contributed by atoms with E-state index in [1.807, 2.05) is 6.20 Å². The van der Waals surface area contributed by atoms with E-state index in [4.69, 9.17) is 0 Å². The fraction of sp³-hybridized carbons (Fsp3) is 0.500. The number of carbonyl (C=O) groups is 1. The molecule has 0 amide bonds. The second-order valence-corrected chi connectivity index (χ2v) is 4.34. The maximum atomic E-state index is 11.3. The number of hydrogen-bond acceptors (Lipinski definition) is 2. The number of halogens is 1. The van der Waals surface area contributed by atoms with E-state index in [-0.39, 0.29) is 0 Å². The molecule has 1 aliphatic carbocycles. The number of Topliss-reactive ketones (excluding diaryl/α,β-unsaturated/α-hetero) is 1. The average Bonchev–Trinajstić information content (AvgIpc) is 2.78. The maximum Gasteiger partial charge on any atom is 0.157 e. The zero-order valence-corrected chi connectivity index (χ0v) is 8.69. The lowest BCUT2D eigenvalue weighted by molar-refractivity contribution is -0.120. The second kappa shape index (κ2) is 3.16. The molecule has 0 bridgehead atoms. The van der Waals surface area contributed by atoms with Gasteiger partial charge >= 0.3 is 0 Å². The molecule has 0 aromatic carbocycles. The van der Waals surface area contributed by atoms with Gasteiger partial charge in [-0.3, -0.25) is 9.48 Å². The minimum absolute atomic E-state index is 0.328. The van der Waals surface area contributed by atoms with Crippen molar-refractivity contribution in [3.05, 3.63) is 16.0 Å². The molecule has 1 heterocycles. The first-order valence-corrected chi connectivity index (χ1v) is 5.04. The van der Waals surface area contributed by atoms with Crippen molar-refractivity contribution in [2.45, 2.75) is 19.4 Å². The SMILES string of the molecule is O=C(Cn1cc(I)cn1)C1CC1. The van der Waals surface area contributed by atoms with Gasteiger partial charge < -0.3 is 0 Å². The summed E-state index contributed by atoms with van der Waals surface area (Å²) < 4.78 is 2.79. The van der Waals surface area contributed by atoms with Gasteiger partial charge in [-0.05, 0) is 35.4 Å². The smallest absolute Gasteiger partial charge is 0.157 e. The Balaban J connectivity index is 1.98. The molecule has 0 radical (unpaired) electrons. The van der Waals surface area contributed by atoms with Gasteiger partial charge in [0.05, 0.1) is 16.3 Å². The van der Waals surface area contributed by atoms with Gasteiger partial charge in [0, 0.05) is 12.1 Å². The number of hydrogen-bond donors (Lipinski definition) is 0. The fourth-order valence-electron chi connectivity index (χ4n) is 1.12. The molecule has 1 aliphatic rings. The van der Waals surface area contributed by atoms with Crippen LogP contribution < -0.4 is 0 Å². The van der Waals surface area contributed by atoms with Crippen molar-refractivity contribution in [2.24, 2.45) is 5.92 Å². The molecule has 0 unspecified atom stereocenters. The summed E-state index contributed by atoms with van der Waals surface area (Å²) in [5, 5.41) is 4.05. The standard InChI is InChI=1S/C8H9IN2O/c9-7-3-10-11(4-7)5-8(12)6-1-2-6/h3-4,6H,1-2,5H2. The number of nitrogens with zero attached hydrogens (tertiary/aromatic N) is 2. The van der Waals surface area contributed by atoms with Crippen LogP contribution in [0, 0.1) is 9.49 Å². The first kappa shape index (κ1) is 8.22. The summed E-state index contributed by atoms with van der Waals surface area (Å²) in [4.78, 5) is 11.3. The zero-order valence-electron chi connectivity index (χ0n) is 6.53. The van der Waals surface area contributed by atoms with Crippen molar-refractivity contribution in [1.82, 2.24) is 9.78 Å². The Morgan fingerprint density at radius 2 is 2.50 bits per heavy atom. The highest BCUT2D eigenvalue weighted by atomic mass is 127. The molecule has 0 spiro atoms. The summed E-state index contributed by atoms with van der Waals surface area (Å²) in [6.07, 6.45) is 5.82. The molecular formula is C8H9IN2O.